The second-order valence-corrected chi connectivity index (χ2v) is 6.76. The van der Waals surface area contributed by atoms with E-state index in [2.05, 4.69) is 4.72 Å². The Morgan fingerprint density at radius 1 is 1.26 bits per heavy atom. The molecule has 2 N–H and O–H groups in total. The maximum absolute atomic E-state index is 11.9. The van der Waals surface area contributed by atoms with Crippen LogP contribution >= 0.6 is 0 Å². The first-order chi connectivity index (χ1) is 8.98. The van der Waals surface area contributed by atoms with Crippen LogP contribution in [-0.2, 0) is 24.3 Å². The van der Waals surface area contributed by atoms with Gasteiger partial charge < -0.3 is 14.6 Å². The summed E-state index contributed by atoms with van der Waals surface area (Å²) < 4.78 is 36.6. The average molecular weight is 293 g/mol. The highest BCUT2D eigenvalue weighted by molar-refractivity contribution is 7.89. The van der Waals surface area contributed by atoms with E-state index in [1.165, 1.54) is 0 Å². The lowest BCUT2D eigenvalue weighted by molar-refractivity contribution is -0.148. The van der Waals surface area contributed by atoms with E-state index in [1.54, 1.807) is 0 Å². The van der Waals surface area contributed by atoms with Crippen molar-refractivity contribution < 1.29 is 27.8 Å². The molecule has 3 atom stereocenters. The van der Waals surface area contributed by atoms with Gasteiger partial charge in [0.05, 0.1) is 17.9 Å². The Morgan fingerprint density at radius 3 is 2.68 bits per heavy atom. The maximum atomic E-state index is 11.9. The van der Waals surface area contributed by atoms with Crippen molar-refractivity contribution in [3.8, 4) is 0 Å². The minimum atomic E-state index is -3.49. The highest BCUT2D eigenvalue weighted by Gasteiger charge is 2.36. The largest absolute Gasteiger partial charge is 0.479 e. The average Bonchev–Trinajstić information content (AvgIpc) is 2.95. The van der Waals surface area contributed by atoms with E-state index < -0.39 is 28.1 Å². The predicted molar refractivity (Wildman–Crippen MR) is 66.3 cm³/mol. The molecule has 0 radical (unpaired) electrons. The first kappa shape index (κ1) is 14.7. The number of ether oxygens (including phenoxy) is 2. The van der Waals surface area contributed by atoms with Gasteiger partial charge in [-0.1, -0.05) is 0 Å². The molecule has 0 aromatic carbocycles. The minimum absolute atomic E-state index is 0.00618. The maximum Gasteiger partial charge on any atom is 0.334 e. The number of carbonyl (C=O) groups is 1. The van der Waals surface area contributed by atoms with Crippen LogP contribution in [0.2, 0.25) is 0 Å². The van der Waals surface area contributed by atoms with Crippen molar-refractivity contribution in [1.29, 1.82) is 0 Å². The SMILES string of the molecule is O=C(O)[C@@H]1OCC[C@@H]1NS(=O)(=O)CCC1CCCO1. The van der Waals surface area contributed by atoms with E-state index in [9.17, 15) is 13.2 Å². The predicted octanol–water partition coefficient (Wildman–Crippen LogP) is -0.283. The zero-order chi connectivity index (χ0) is 13.9. The molecule has 1 unspecified atom stereocenters. The highest BCUT2D eigenvalue weighted by Crippen LogP contribution is 2.18. The van der Waals surface area contributed by atoms with E-state index in [0.717, 1.165) is 12.8 Å². The van der Waals surface area contributed by atoms with Crippen LogP contribution in [-0.4, -0.2) is 56.7 Å². The first-order valence-corrected chi connectivity index (χ1v) is 8.09. The van der Waals surface area contributed by atoms with E-state index in [1.807, 2.05) is 0 Å². The van der Waals surface area contributed by atoms with Gasteiger partial charge >= 0.3 is 5.97 Å². The molecule has 2 aliphatic heterocycles. The molecule has 0 aromatic rings. The van der Waals surface area contributed by atoms with E-state index in [4.69, 9.17) is 14.6 Å². The van der Waals surface area contributed by atoms with Gasteiger partial charge in [0.2, 0.25) is 10.0 Å². The van der Waals surface area contributed by atoms with Crippen LogP contribution in [0.1, 0.15) is 25.7 Å². The molecule has 2 rings (SSSR count). The highest BCUT2D eigenvalue weighted by atomic mass is 32.2. The molecule has 0 aromatic heterocycles. The number of carboxylic acids is 1. The fourth-order valence-corrected chi connectivity index (χ4v) is 3.80. The van der Waals surface area contributed by atoms with Gasteiger partial charge in [-0.05, 0) is 25.7 Å². The minimum Gasteiger partial charge on any atom is -0.479 e. The number of hydrogen-bond acceptors (Lipinski definition) is 5. The van der Waals surface area contributed by atoms with Gasteiger partial charge in [0.25, 0.3) is 0 Å². The third-order valence-electron chi connectivity index (χ3n) is 3.40. The second kappa shape index (κ2) is 6.17. The summed E-state index contributed by atoms with van der Waals surface area (Å²) in [4.78, 5) is 10.9. The van der Waals surface area contributed by atoms with Crippen molar-refractivity contribution in [2.24, 2.45) is 0 Å². The van der Waals surface area contributed by atoms with Gasteiger partial charge in [-0.3, -0.25) is 0 Å². The Hall–Kier alpha value is -0.700. The monoisotopic (exact) mass is 293 g/mol. The van der Waals surface area contributed by atoms with Crippen molar-refractivity contribution >= 4 is 16.0 Å². The summed E-state index contributed by atoms with van der Waals surface area (Å²) >= 11 is 0. The molecule has 0 bridgehead atoms. The number of aliphatic carboxylic acids is 1. The molecule has 0 amide bonds. The smallest absolute Gasteiger partial charge is 0.334 e. The molecule has 0 spiro atoms. The normalized spacial score (nSPS) is 31.7. The topological polar surface area (TPSA) is 102 Å². The lowest BCUT2D eigenvalue weighted by Gasteiger charge is -2.17. The fourth-order valence-electron chi connectivity index (χ4n) is 2.40. The standard InChI is InChI=1S/C11H19NO6S/c13-11(14)10-9(3-6-18-10)12-19(15,16)7-4-8-2-1-5-17-8/h8-10,12H,1-7H2,(H,13,14)/t8?,9-,10+/m0/s1. The van der Waals surface area contributed by atoms with Gasteiger partial charge in [0.15, 0.2) is 6.10 Å². The van der Waals surface area contributed by atoms with Crippen molar-refractivity contribution in [1.82, 2.24) is 4.72 Å². The van der Waals surface area contributed by atoms with Crippen molar-refractivity contribution in [3.05, 3.63) is 0 Å². The number of rotatable bonds is 6. The Bertz CT molecular complexity index is 417. The van der Waals surface area contributed by atoms with Gasteiger partial charge in [-0.15, -0.1) is 0 Å². The summed E-state index contributed by atoms with van der Waals surface area (Å²) in [6.45, 7) is 0.950. The molecule has 2 saturated heterocycles. The second-order valence-electron chi connectivity index (χ2n) is 4.89. The number of hydrogen-bond donors (Lipinski definition) is 2. The first-order valence-electron chi connectivity index (χ1n) is 6.44. The molecule has 19 heavy (non-hydrogen) atoms. The van der Waals surface area contributed by atoms with Gasteiger partial charge in [-0.25, -0.2) is 17.9 Å². The summed E-state index contributed by atoms with van der Waals surface area (Å²) in [5.74, 6) is -1.18. The zero-order valence-corrected chi connectivity index (χ0v) is 11.4. The molecule has 7 nitrogen and oxygen atoms in total. The fraction of sp³-hybridized carbons (Fsp3) is 0.909. The zero-order valence-electron chi connectivity index (χ0n) is 10.6. The van der Waals surface area contributed by atoms with Crippen molar-refractivity contribution in [2.45, 2.75) is 43.9 Å². The Morgan fingerprint density at radius 2 is 2.05 bits per heavy atom. The lowest BCUT2D eigenvalue weighted by Crippen LogP contribution is -2.45. The van der Waals surface area contributed by atoms with E-state index in [0.29, 0.717) is 19.4 Å². The van der Waals surface area contributed by atoms with Crippen LogP contribution < -0.4 is 4.72 Å². The summed E-state index contributed by atoms with van der Waals surface area (Å²) in [6.07, 6.45) is 1.61. The Balaban J connectivity index is 1.84. The quantitative estimate of drug-likeness (QED) is 0.698. The van der Waals surface area contributed by atoms with E-state index in [-0.39, 0.29) is 18.5 Å². The van der Waals surface area contributed by atoms with Gasteiger partial charge in [0.1, 0.15) is 0 Å². The van der Waals surface area contributed by atoms with Gasteiger partial charge in [0, 0.05) is 13.2 Å². The third-order valence-corrected chi connectivity index (χ3v) is 4.83. The summed E-state index contributed by atoms with van der Waals surface area (Å²) in [5, 5.41) is 8.90. The summed E-state index contributed by atoms with van der Waals surface area (Å²) in [7, 11) is -3.49. The van der Waals surface area contributed by atoms with Crippen molar-refractivity contribution in [2.75, 3.05) is 19.0 Å². The van der Waals surface area contributed by atoms with Crippen LogP contribution in [0.5, 0.6) is 0 Å². The lowest BCUT2D eigenvalue weighted by atomic mass is 10.1. The Labute approximate surface area is 112 Å². The molecule has 2 fully saturated rings. The number of sulfonamides is 1. The molecule has 8 heteroatoms. The third kappa shape index (κ3) is 4.13. The molecular formula is C11H19NO6S. The van der Waals surface area contributed by atoms with Crippen LogP contribution in [0.25, 0.3) is 0 Å². The van der Waals surface area contributed by atoms with Crippen molar-refractivity contribution in [3.63, 3.8) is 0 Å². The molecule has 110 valence electrons. The molecule has 0 aliphatic carbocycles. The van der Waals surface area contributed by atoms with Crippen LogP contribution in [0.4, 0.5) is 0 Å². The molecular weight excluding hydrogens is 274 g/mol. The summed E-state index contributed by atoms with van der Waals surface area (Å²) in [6, 6.07) is -0.674. The van der Waals surface area contributed by atoms with Crippen LogP contribution in [0.15, 0.2) is 0 Å². The van der Waals surface area contributed by atoms with E-state index >= 15 is 0 Å². The van der Waals surface area contributed by atoms with Crippen LogP contribution in [0.3, 0.4) is 0 Å². The van der Waals surface area contributed by atoms with Gasteiger partial charge in [-0.2, -0.15) is 0 Å². The van der Waals surface area contributed by atoms with Crippen LogP contribution in [0, 0.1) is 0 Å². The summed E-state index contributed by atoms with van der Waals surface area (Å²) in [5.41, 5.74) is 0. The molecule has 0 saturated carbocycles. The molecule has 2 aliphatic rings. The number of nitrogens with one attached hydrogen (secondary N) is 1. The molecule has 2 heterocycles. The Kier molecular flexibility index (Phi) is 4.77. The number of carboxylic acid groups (broad SMARTS) is 1.